The summed E-state index contributed by atoms with van der Waals surface area (Å²) in [4.78, 5) is 27.8. The molecule has 0 bridgehead atoms. The minimum atomic E-state index is -1.24. The summed E-state index contributed by atoms with van der Waals surface area (Å²) in [5.41, 5.74) is 3.37. The van der Waals surface area contributed by atoms with Gasteiger partial charge in [-0.1, -0.05) is 77.8 Å². The minimum absolute atomic E-state index is 0.0570. The van der Waals surface area contributed by atoms with Crippen molar-refractivity contribution in [3.05, 3.63) is 118 Å². The van der Waals surface area contributed by atoms with Gasteiger partial charge in [-0.15, -0.1) is 0 Å². The number of anilines is 1. The van der Waals surface area contributed by atoms with Gasteiger partial charge in [0.25, 0.3) is 0 Å². The highest BCUT2D eigenvalue weighted by Crippen LogP contribution is 2.58. The summed E-state index contributed by atoms with van der Waals surface area (Å²) in [6.07, 6.45) is 0.0809. The van der Waals surface area contributed by atoms with E-state index in [0.717, 1.165) is 22.3 Å². The number of piperidine rings is 1. The van der Waals surface area contributed by atoms with Crippen LogP contribution in [0, 0.1) is 0 Å². The van der Waals surface area contributed by atoms with Crippen LogP contribution in [0.5, 0.6) is 5.75 Å². The molecular weight excluding hydrogens is 547 g/mol. The summed E-state index contributed by atoms with van der Waals surface area (Å²) in [6.45, 7) is -0.129. The molecule has 3 N–H and O–H groups in total. The van der Waals surface area contributed by atoms with Gasteiger partial charge in [0.2, 0.25) is 11.8 Å². The van der Waals surface area contributed by atoms with Crippen molar-refractivity contribution in [3.8, 4) is 16.9 Å². The Morgan fingerprint density at radius 1 is 0.875 bits per heavy atom. The molecule has 40 heavy (non-hydrogen) atoms. The van der Waals surface area contributed by atoms with E-state index in [1.54, 1.807) is 18.2 Å². The van der Waals surface area contributed by atoms with E-state index in [2.05, 4.69) is 10.6 Å². The number of hydrogen-bond donors (Lipinski definition) is 3. The zero-order valence-corrected chi connectivity index (χ0v) is 22.9. The first-order valence-corrected chi connectivity index (χ1v) is 13.8. The standard InChI is InChI=1S/C32H26Cl2N2O4/c33-22-8-4-7-21(15-22)26-18-29(38)36-30(32(26)25-11-10-23(34)17-27(25)35-31(32)39)24-16-20(19-5-2-1-3-6-19)9-12-28(24)40-14-13-37/h1-12,15-17,26,30,37H,13-14,18H2,(H,35,39)(H,36,38). The molecule has 2 aliphatic rings. The molecule has 4 aromatic rings. The molecule has 1 saturated heterocycles. The third-order valence-corrected chi connectivity index (χ3v) is 8.25. The number of hydrogen-bond acceptors (Lipinski definition) is 4. The first-order valence-electron chi connectivity index (χ1n) is 13.0. The Morgan fingerprint density at radius 3 is 2.45 bits per heavy atom. The molecule has 2 aliphatic heterocycles. The van der Waals surface area contributed by atoms with Crippen molar-refractivity contribution in [2.45, 2.75) is 23.8 Å². The van der Waals surface area contributed by atoms with Crippen LogP contribution in [0.2, 0.25) is 10.0 Å². The Balaban J connectivity index is 1.63. The highest BCUT2D eigenvalue weighted by molar-refractivity contribution is 6.31. The maximum Gasteiger partial charge on any atom is 0.238 e. The lowest BCUT2D eigenvalue weighted by atomic mass is 9.59. The molecule has 8 heteroatoms. The topological polar surface area (TPSA) is 87.7 Å². The predicted octanol–water partition coefficient (Wildman–Crippen LogP) is 6.27. The number of benzene rings is 4. The van der Waals surface area contributed by atoms with Crippen molar-refractivity contribution >= 4 is 40.7 Å². The first-order chi connectivity index (χ1) is 19.4. The summed E-state index contributed by atoms with van der Waals surface area (Å²) >= 11 is 12.8. The Kier molecular flexibility index (Phi) is 7.00. The number of carbonyl (C=O) groups is 2. The van der Waals surface area contributed by atoms with Gasteiger partial charge < -0.3 is 20.5 Å². The SMILES string of the molecule is O=C1CC(c2cccc(Cl)c2)C2(C(=O)Nc3cc(Cl)ccc32)C(c2cc(-c3ccccc3)ccc2OCCO)N1. The molecule has 2 amide bonds. The van der Waals surface area contributed by atoms with E-state index >= 15 is 0 Å². The number of ether oxygens (including phenoxy) is 1. The molecule has 3 atom stereocenters. The highest BCUT2D eigenvalue weighted by atomic mass is 35.5. The van der Waals surface area contributed by atoms with Crippen molar-refractivity contribution in [3.63, 3.8) is 0 Å². The molecule has 6 nitrogen and oxygen atoms in total. The van der Waals surface area contributed by atoms with E-state index in [1.807, 2.05) is 72.8 Å². The van der Waals surface area contributed by atoms with E-state index < -0.39 is 17.4 Å². The van der Waals surface area contributed by atoms with Gasteiger partial charge in [0.1, 0.15) is 17.8 Å². The molecule has 0 radical (unpaired) electrons. The molecule has 6 rings (SSSR count). The zero-order valence-electron chi connectivity index (χ0n) is 21.4. The Labute approximate surface area is 241 Å². The molecule has 1 fully saturated rings. The number of halogens is 2. The fraction of sp³-hybridized carbons (Fsp3) is 0.188. The zero-order chi connectivity index (χ0) is 27.9. The van der Waals surface area contributed by atoms with Crippen LogP contribution in [0.3, 0.4) is 0 Å². The highest BCUT2D eigenvalue weighted by Gasteiger charge is 2.61. The Morgan fingerprint density at radius 2 is 1.68 bits per heavy atom. The van der Waals surface area contributed by atoms with E-state index in [9.17, 15) is 14.7 Å². The minimum Gasteiger partial charge on any atom is -0.491 e. The first kappa shape index (κ1) is 26.4. The fourth-order valence-corrected chi connectivity index (χ4v) is 6.51. The van der Waals surface area contributed by atoms with Crippen LogP contribution >= 0.6 is 23.2 Å². The van der Waals surface area contributed by atoms with Crippen LogP contribution in [-0.2, 0) is 15.0 Å². The average molecular weight is 573 g/mol. The monoisotopic (exact) mass is 572 g/mol. The summed E-state index contributed by atoms with van der Waals surface area (Å²) < 4.78 is 6.00. The maximum absolute atomic E-state index is 14.3. The summed E-state index contributed by atoms with van der Waals surface area (Å²) in [5.74, 6) is -0.522. The summed E-state index contributed by atoms with van der Waals surface area (Å²) in [5, 5.41) is 16.7. The molecule has 0 aromatic heterocycles. The molecule has 0 aliphatic carbocycles. The van der Waals surface area contributed by atoms with Gasteiger partial charge in [0.15, 0.2) is 0 Å². The van der Waals surface area contributed by atoms with Crippen molar-refractivity contribution in [1.82, 2.24) is 5.32 Å². The second-order valence-corrected chi connectivity index (χ2v) is 10.9. The van der Waals surface area contributed by atoms with Crippen LogP contribution in [-0.4, -0.2) is 30.1 Å². The Hall–Kier alpha value is -3.84. The van der Waals surface area contributed by atoms with E-state index in [1.165, 1.54) is 0 Å². The number of nitrogens with one attached hydrogen (secondary N) is 2. The van der Waals surface area contributed by atoms with Gasteiger partial charge >= 0.3 is 0 Å². The molecule has 1 spiro atoms. The molecular formula is C32H26Cl2N2O4. The largest absolute Gasteiger partial charge is 0.491 e. The van der Waals surface area contributed by atoms with E-state index in [0.29, 0.717) is 27.0 Å². The van der Waals surface area contributed by atoms with Gasteiger partial charge in [-0.25, -0.2) is 0 Å². The molecule has 0 saturated carbocycles. The van der Waals surface area contributed by atoms with Crippen molar-refractivity contribution in [2.24, 2.45) is 0 Å². The number of rotatable bonds is 6. The van der Waals surface area contributed by atoms with Crippen molar-refractivity contribution in [1.29, 1.82) is 0 Å². The number of amides is 2. The van der Waals surface area contributed by atoms with Crippen molar-refractivity contribution in [2.75, 3.05) is 18.5 Å². The molecule has 3 unspecified atom stereocenters. The maximum atomic E-state index is 14.3. The lowest BCUT2D eigenvalue weighted by molar-refractivity contribution is -0.131. The third-order valence-electron chi connectivity index (χ3n) is 7.78. The predicted molar refractivity (Wildman–Crippen MR) is 156 cm³/mol. The van der Waals surface area contributed by atoms with Gasteiger partial charge in [-0.05, 0) is 58.7 Å². The smallest absolute Gasteiger partial charge is 0.238 e. The second kappa shape index (κ2) is 10.6. The summed E-state index contributed by atoms with van der Waals surface area (Å²) in [6, 6.07) is 27.4. The van der Waals surface area contributed by atoms with E-state index in [-0.39, 0.29) is 31.4 Å². The van der Waals surface area contributed by atoms with E-state index in [4.69, 9.17) is 27.9 Å². The Bertz CT molecular complexity index is 1610. The average Bonchev–Trinajstić information content (AvgIpc) is 3.24. The lowest BCUT2D eigenvalue weighted by Gasteiger charge is -2.46. The number of aliphatic hydroxyl groups is 1. The second-order valence-electron chi connectivity index (χ2n) is 10.0. The molecule has 4 aromatic carbocycles. The summed E-state index contributed by atoms with van der Waals surface area (Å²) in [7, 11) is 0. The molecule has 2 heterocycles. The van der Waals surface area contributed by atoms with Gasteiger partial charge in [-0.2, -0.15) is 0 Å². The van der Waals surface area contributed by atoms with Crippen LogP contribution in [0.4, 0.5) is 5.69 Å². The quantitative estimate of drug-likeness (QED) is 0.254. The molecule has 202 valence electrons. The number of aliphatic hydroxyl groups excluding tert-OH is 1. The van der Waals surface area contributed by atoms with Crippen LogP contribution in [0.25, 0.3) is 11.1 Å². The van der Waals surface area contributed by atoms with Crippen LogP contribution in [0.1, 0.15) is 35.1 Å². The van der Waals surface area contributed by atoms with Gasteiger partial charge in [-0.3, -0.25) is 9.59 Å². The van der Waals surface area contributed by atoms with Crippen molar-refractivity contribution < 1.29 is 19.4 Å². The fourth-order valence-electron chi connectivity index (χ4n) is 6.14. The van der Waals surface area contributed by atoms with Crippen LogP contribution in [0.15, 0.2) is 91.0 Å². The third kappa shape index (κ3) is 4.42. The number of fused-ring (bicyclic) bond motifs is 2. The normalized spacial score (nSPS) is 21.6. The van der Waals surface area contributed by atoms with Gasteiger partial charge in [0, 0.05) is 33.6 Å². The number of carbonyl (C=O) groups excluding carboxylic acids is 2. The lowest BCUT2D eigenvalue weighted by Crippen LogP contribution is -2.56. The van der Waals surface area contributed by atoms with Crippen LogP contribution < -0.4 is 15.4 Å². The van der Waals surface area contributed by atoms with Gasteiger partial charge in [0.05, 0.1) is 12.6 Å².